The highest BCUT2D eigenvalue weighted by Gasteiger charge is 2.29. The number of hydrogen-bond donors (Lipinski definition) is 0. The van der Waals surface area contributed by atoms with Gasteiger partial charge in [-0.2, -0.15) is 0 Å². The fourth-order valence-corrected chi connectivity index (χ4v) is 6.60. The number of fused-ring (bicyclic) bond motifs is 6. The fourth-order valence-electron chi connectivity index (χ4n) is 6.60. The van der Waals surface area contributed by atoms with Crippen LogP contribution in [0.15, 0.2) is 146 Å². The summed E-state index contributed by atoms with van der Waals surface area (Å²) in [5.41, 5.74) is 13.2. The van der Waals surface area contributed by atoms with Gasteiger partial charge in [0.25, 0.3) is 0 Å². The van der Waals surface area contributed by atoms with E-state index in [2.05, 4.69) is 150 Å². The van der Waals surface area contributed by atoms with Gasteiger partial charge in [-0.25, -0.2) is 0 Å². The molecule has 7 aromatic rings. The minimum atomic E-state index is 0.342. The van der Waals surface area contributed by atoms with E-state index in [1.165, 1.54) is 66.4 Å². The molecular weight excluding hydrogens is 470 g/mol. The monoisotopic (exact) mass is 497 g/mol. The van der Waals surface area contributed by atoms with Crippen molar-refractivity contribution in [3.05, 3.63) is 162 Å². The molecule has 0 aliphatic heterocycles. The van der Waals surface area contributed by atoms with E-state index in [0.29, 0.717) is 5.92 Å². The lowest BCUT2D eigenvalue weighted by atomic mass is 9.89. The Labute approximate surface area is 228 Å². The highest BCUT2D eigenvalue weighted by atomic mass is 15.0. The average Bonchev–Trinajstić information content (AvgIpc) is 3.50. The van der Waals surface area contributed by atoms with Crippen molar-refractivity contribution in [2.45, 2.75) is 12.3 Å². The van der Waals surface area contributed by atoms with Gasteiger partial charge in [0.2, 0.25) is 0 Å². The van der Waals surface area contributed by atoms with Gasteiger partial charge in [0.05, 0.1) is 11.0 Å². The summed E-state index contributed by atoms with van der Waals surface area (Å²) in [6.45, 7) is 0. The maximum atomic E-state index is 2.41. The Morgan fingerprint density at radius 1 is 0.462 bits per heavy atom. The predicted molar refractivity (Wildman–Crippen MR) is 164 cm³/mol. The molecule has 1 heterocycles. The van der Waals surface area contributed by atoms with Crippen LogP contribution in [0, 0.1) is 0 Å². The highest BCUT2D eigenvalue weighted by molar-refractivity contribution is 6.09. The van der Waals surface area contributed by atoms with Crippen molar-refractivity contribution in [1.29, 1.82) is 0 Å². The molecule has 1 atom stereocenters. The van der Waals surface area contributed by atoms with Gasteiger partial charge in [0, 0.05) is 22.4 Å². The molecule has 0 spiro atoms. The minimum Gasteiger partial charge on any atom is -0.309 e. The summed E-state index contributed by atoms with van der Waals surface area (Å²) in [5, 5.41) is 2.60. The fraction of sp³-hybridized carbons (Fsp3) is 0.0526. The first-order valence-corrected chi connectivity index (χ1v) is 13.7. The zero-order valence-electron chi connectivity index (χ0n) is 21.6. The summed E-state index contributed by atoms with van der Waals surface area (Å²) in [5.74, 6) is 0.342. The molecule has 1 aliphatic rings. The first kappa shape index (κ1) is 22.1. The largest absolute Gasteiger partial charge is 0.309 e. The molecule has 0 fully saturated rings. The highest BCUT2D eigenvalue weighted by Crippen LogP contribution is 2.47. The molecule has 0 saturated heterocycles. The molecule has 0 bridgehead atoms. The Hall–Kier alpha value is -4.88. The van der Waals surface area contributed by atoms with Gasteiger partial charge in [-0.1, -0.05) is 115 Å². The number of para-hydroxylation sites is 2. The summed E-state index contributed by atoms with van der Waals surface area (Å²) in [6, 6.07) is 53.3. The maximum absolute atomic E-state index is 2.41. The van der Waals surface area contributed by atoms with Crippen molar-refractivity contribution in [3.63, 3.8) is 0 Å². The minimum absolute atomic E-state index is 0.342. The van der Waals surface area contributed by atoms with E-state index in [1.54, 1.807) is 0 Å². The quantitative estimate of drug-likeness (QED) is 0.228. The van der Waals surface area contributed by atoms with Gasteiger partial charge >= 0.3 is 0 Å². The normalized spacial score (nSPS) is 14.0. The van der Waals surface area contributed by atoms with Crippen LogP contribution in [0.25, 0.3) is 49.7 Å². The Bertz CT molecular complexity index is 1940. The molecule has 1 nitrogen and oxygen atoms in total. The van der Waals surface area contributed by atoms with Crippen LogP contribution >= 0.6 is 0 Å². The number of rotatable bonds is 4. The zero-order chi connectivity index (χ0) is 25.8. The summed E-state index contributed by atoms with van der Waals surface area (Å²) in [6.07, 6.45) is 0.972. The topological polar surface area (TPSA) is 4.93 Å². The van der Waals surface area contributed by atoms with Crippen molar-refractivity contribution < 1.29 is 0 Å². The summed E-state index contributed by atoms with van der Waals surface area (Å²) in [7, 11) is 0. The van der Waals surface area contributed by atoms with Gasteiger partial charge < -0.3 is 4.57 Å². The Morgan fingerprint density at radius 3 is 1.92 bits per heavy atom. The molecular formula is C38H27N. The van der Waals surface area contributed by atoms with Gasteiger partial charge in [0.15, 0.2) is 0 Å². The first-order chi connectivity index (χ1) is 19.3. The van der Waals surface area contributed by atoms with Crippen LogP contribution in [0.4, 0.5) is 0 Å². The lowest BCUT2D eigenvalue weighted by Crippen LogP contribution is -2.03. The standard InChI is InChI=1S/C38H27N/c1-2-12-27(13-3-1)28-21-22-32-35(30-15-4-5-16-31(30)36(32)25-28)24-26-11-10-14-29(23-26)39-37-19-8-6-17-33(37)34-18-7-9-20-38(34)39/h1-23,25,35H,24H2. The number of hydrogen-bond acceptors (Lipinski definition) is 0. The first-order valence-electron chi connectivity index (χ1n) is 13.7. The molecule has 184 valence electrons. The summed E-state index contributed by atoms with van der Waals surface area (Å²) in [4.78, 5) is 0. The predicted octanol–water partition coefficient (Wildman–Crippen LogP) is 9.81. The average molecular weight is 498 g/mol. The Kier molecular flexibility index (Phi) is 5.03. The van der Waals surface area contributed by atoms with Gasteiger partial charge in [-0.15, -0.1) is 0 Å². The molecule has 39 heavy (non-hydrogen) atoms. The van der Waals surface area contributed by atoms with Crippen molar-refractivity contribution in [1.82, 2.24) is 4.57 Å². The van der Waals surface area contributed by atoms with Crippen LogP contribution in [0.2, 0.25) is 0 Å². The van der Waals surface area contributed by atoms with Crippen molar-refractivity contribution >= 4 is 21.8 Å². The van der Waals surface area contributed by atoms with Gasteiger partial charge in [-0.05, 0) is 75.7 Å². The van der Waals surface area contributed by atoms with E-state index in [-0.39, 0.29) is 0 Å². The Balaban J connectivity index is 1.22. The van der Waals surface area contributed by atoms with E-state index in [1.807, 2.05) is 0 Å². The number of aromatic nitrogens is 1. The zero-order valence-corrected chi connectivity index (χ0v) is 21.6. The second-order valence-electron chi connectivity index (χ2n) is 10.6. The van der Waals surface area contributed by atoms with Gasteiger partial charge in [0.1, 0.15) is 0 Å². The number of nitrogens with zero attached hydrogens (tertiary/aromatic N) is 1. The van der Waals surface area contributed by atoms with Crippen LogP contribution in [0.5, 0.6) is 0 Å². The van der Waals surface area contributed by atoms with Gasteiger partial charge in [-0.3, -0.25) is 0 Å². The van der Waals surface area contributed by atoms with Crippen molar-refractivity contribution in [2.24, 2.45) is 0 Å². The van der Waals surface area contributed by atoms with Crippen molar-refractivity contribution in [3.8, 4) is 27.9 Å². The van der Waals surface area contributed by atoms with Crippen LogP contribution in [-0.4, -0.2) is 4.57 Å². The molecule has 8 rings (SSSR count). The van der Waals surface area contributed by atoms with E-state index < -0.39 is 0 Å². The molecule has 1 heteroatoms. The number of benzene rings is 6. The molecule has 0 saturated carbocycles. The third kappa shape index (κ3) is 3.55. The second kappa shape index (κ2) is 8.85. The van der Waals surface area contributed by atoms with E-state index >= 15 is 0 Å². The SMILES string of the molecule is c1ccc(-c2ccc3c(c2)-c2ccccc2C3Cc2cccc(-n3c4ccccc4c4ccccc43)c2)cc1. The third-order valence-electron chi connectivity index (χ3n) is 8.35. The lowest BCUT2D eigenvalue weighted by molar-refractivity contribution is 0.826. The molecule has 1 aliphatic carbocycles. The molecule has 1 unspecified atom stereocenters. The summed E-state index contributed by atoms with van der Waals surface area (Å²) >= 11 is 0. The van der Waals surface area contributed by atoms with Crippen LogP contribution in [0.3, 0.4) is 0 Å². The van der Waals surface area contributed by atoms with Crippen LogP contribution in [0.1, 0.15) is 22.6 Å². The van der Waals surface area contributed by atoms with E-state index in [0.717, 1.165) is 6.42 Å². The van der Waals surface area contributed by atoms with Crippen molar-refractivity contribution in [2.75, 3.05) is 0 Å². The molecule has 0 radical (unpaired) electrons. The second-order valence-corrected chi connectivity index (χ2v) is 10.6. The van der Waals surface area contributed by atoms with Crippen LogP contribution < -0.4 is 0 Å². The third-order valence-corrected chi connectivity index (χ3v) is 8.35. The molecule has 0 amide bonds. The smallest absolute Gasteiger partial charge is 0.0541 e. The van der Waals surface area contributed by atoms with E-state index in [4.69, 9.17) is 0 Å². The molecule has 6 aromatic carbocycles. The molecule has 0 N–H and O–H groups in total. The van der Waals surface area contributed by atoms with E-state index in [9.17, 15) is 0 Å². The Morgan fingerprint density at radius 2 is 1.13 bits per heavy atom. The molecule has 1 aromatic heterocycles. The van der Waals surface area contributed by atoms with Crippen LogP contribution in [-0.2, 0) is 6.42 Å². The summed E-state index contributed by atoms with van der Waals surface area (Å²) < 4.78 is 2.41. The maximum Gasteiger partial charge on any atom is 0.0541 e. The lowest BCUT2D eigenvalue weighted by Gasteiger charge is -2.16.